The maximum atomic E-state index is 13.7. The molecule has 0 bridgehead atoms. The molecule has 0 unspecified atom stereocenters. The summed E-state index contributed by atoms with van der Waals surface area (Å²) in [5, 5.41) is 2.83. The number of anilines is 1. The summed E-state index contributed by atoms with van der Waals surface area (Å²) in [7, 11) is 2.93. The Balaban J connectivity index is 1.94. The molecule has 0 radical (unpaired) electrons. The SMILES string of the molecule is CCc1ccccc1NC(=O)CN(C)C(=O)Cc1ccc(OC)c(F)c1. The zero-order chi connectivity index (χ0) is 19.1. The van der Waals surface area contributed by atoms with Gasteiger partial charge in [-0.15, -0.1) is 0 Å². The van der Waals surface area contributed by atoms with Crippen molar-refractivity contribution in [1.82, 2.24) is 4.90 Å². The Labute approximate surface area is 152 Å². The van der Waals surface area contributed by atoms with Crippen molar-refractivity contribution in [2.75, 3.05) is 26.0 Å². The van der Waals surface area contributed by atoms with E-state index in [2.05, 4.69) is 5.32 Å². The Morgan fingerprint density at radius 1 is 1.19 bits per heavy atom. The van der Waals surface area contributed by atoms with E-state index in [0.717, 1.165) is 17.7 Å². The minimum absolute atomic E-state index is 0.0102. The largest absolute Gasteiger partial charge is 0.494 e. The first-order chi connectivity index (χ1) is 12.4. The summed E-state index contributed by atoms with van der Waals surface area (Å²) in [5.74, 6) is -0.936. The summed E-state index contributed by atoms with van der Waals surface area (Å²) in [6.07, 6.45) is 0.810. The lowest BCUT2D eigenvalue weighted by atomic mass is 10.1. The number of rotatable bonds is 7. The average molecular weight is 358 g/mol. The molecule has 2 aromatic carbocycles. The van der Waals surface area contributed by atoms with Crippen molar-refractivity contribution in [1.29, 1.82) is 0 Å². The van der Waals surface area contributed by atoms with Crippen molar-refractivity contribution in [3.05, 3.63) is 59.4 Å². The monoisotopic (exact) mass is 358 g/mol. The van der Waals surface area contributed by atoms with E-state index in [1.807, 2.05) is 31.2 Å². The zero-order valence-corrected chi connectivity index (χ0v) is 15.2. The Morgan fingerprint density at radius 3 is 2.58 bits per heavy atom. The molecule has 5 nitrogen and oxygen atoms in total. The number of ether oxygens (including phenoxy) is 1. The molecular formula is C20H23FN2O3. The van der Waals surface area contributed by atoms with Crippen LogP contribution in [-0.2, 0) is 22.4 Å². The first kappa shape index (κ1) is 19.4. The summed E-state index contributed by atoms with van der Waals surface area (Å²) < 4.78 is 18.6. The highest BCUT2D eigenvalue weighted by Gasteiger charge is 2.15. The molecule has 0 aliphatic carbocycles. The number of para-hydroxylation sites is 1. The predicted molar refractivity (Wildman–Crippen MR) is 98.7 cm³/mol. The van der Waals surface area contributed by atoms with Gasteiger partial charge in [-0.1, -0.05) is 31.2 Å². The highest BCUT2D eigenvalue weighted by Crippen LogP contribution is 2.18. The summed E-state index contributed by atoms with van der Waals surface area (Å²) in [4.78, 5) is 25.8. The highest BCUT2D eigenvalue weighted by atomic mass is 19.1. The van der Waals surface area contributed by atoms with Crippen molar-refractivity contribution in [3.63, 3.8) is 0 Å². The van der Waals surface area contributed by atoms with Gasteiger partial charge in [0.05, 0.1) is 20.1 Å². The average Bonchev–Trinajstić information content (AvgIpc) is 2.62. The second-order valence-electron chi connectivity index (χ2n) is 5.95. The maximum Gasteiger partial charge on any atom is 0.243 e. The third-order valence-electron chi connectivity index (χ3n) is 4.05. The van der Waals surface area contributed by atoms with Crippen LogP contribution in [0, 0.1) is 5.82 Å². The summed E-state index contributed by atoms with van der Waals surface area (Å²) in [6.45, 7) is 1.93. The number of aryl methyl sites for hydroxylation is 1. The van der Waals surface area contributed by atoms with E-state index >= 15 is 0 Å². The number of likely N-dealkylation sites (N-methyl/N-ethyl adjacent to an activating group) is 1. The van der Waals surface area contributed by atoms with E-state index in [-0.39, 0.29) is 30.5 Å². The van der Waals surface area contributed by atoms with Gasteiger partial charge in [0.15, 0.2) is 11.6 Å². The Hall–Kier alpha value is -2.89. The predicted octanol–water partition coefficient (Wildman–Crippen LogP) is 3.04. The van der Waals surface area contributed by atoms with Crippen LogP contribution in [0.25, 0.3) is 0 Å². The van der Waals surface area contributed by atoms with Gasteiger partial charge in [0.25, 0.3) is 0 Å². The molecule has 0 aromatic heterocycles. The van der Waals surface area contributed by atoms with Crippen LogP contribution in [0.5, 0.6) is 5.75 Å². The molecule has 0 saturated heterocycles. The number of hydrogen-bond donors (Lipinski definition) is 1. The number of benzene rings is 2. The first-order valence-corrected chi connectivity index (χ1v) is 8.38. The summed E-state index contributed by atoms with van der Waals surface area (Å²) >= 11 is 0. The zero-order valence-electron chi connectivity index (χ0n) is 15.2. The second-order valence-corrected chi connectivity index (χ2v) is 5.95. The fraction of sp³-hybridized carbons (Fsp3) is 0.300. The minimum atomic E-state index is -0.519. The molecule has 2 amide bonds. The second kappa shape index (κ2) is 8.99. The van der Waals surface area contributed by atoms with E-state index in [0.29, 0.717) is 5.56 Å². The van der Waals surface area contributed by atoms with Crippen LogP contribution in [0.15, 0.2) is 42.5 Å². The molecule has 0 spiro atoms. The topological polar surface area (TPSA) is 58.6 Å². The van der Waals surface area contributed by atoms with Crippen molar-refractivity contribution in [2.45, 2.75) is 19.8 Å². The molecule has 0 atom stereocenters. The number of nitrogens with zero attached hydrogens (tertiary/aromatic N) is 1. The molecule has 6 heteroatoms. The van der Waals surface area contributed by atoms with Gasteiger partial charge in [-0.2, -0.15) is 0 Å². The Morgan fingerprint density at radius 2 is 1.92 bits per heavy atom. The normalized spacial score (nSPS) is 10.3. The van der Waals surface area contributed by atoms with Gasteiger partial charge in [-0.05, 0) is 35.7 Å². The number of halogens is 1. The molecule has 0 aliphatic rings. The molecule has 0 aliphatic heterocycles. The molecular weight excluding hydrogens is 335 g/mol. The lowest BCUT2D eigenvalue weighted by molar-refractivity contribution is -0.132. The lowest BCUT2D eigenvalue weighted by Gasteiger charge is -2.18. The van der Waals surface area contributed by atoms with Gasteiger partial charge in [0, 0.05) is 12.7 Å². The third kappa shape index (κ3) is 5.05. The van der Waals surface area contributed by atoms with E-state index in [4.69, 9.17) is 4.74 Å². The van der Waals surface area contributed by atoms with Crippen molar-refractivity contribution in [2.24, 2.45) is 0 Å². The summed E-state index contributed by atoms with van der Waals surface area (Å²) in [6, 6.07) is 11.9. The van der Waals surface area contributed by atoms with Gasteiger partial charge >= 0.3 is 0 Å². The fourth-order valence-electron chi connectivity index (χ4n) is 2.57. The van der Waals surface area contributed by atoms with Crippen LogP contribution in [0.4, 0.5) is 10.1 Å². The van der Waals surface area contributed by atoms with Crippen LogP contribution >= 0.6 is 0 Å². The van der Waals surface area contributed by atoms with Crippen LogP contribution < -0.4 is 10.1 Å². The quantitative estimate of drug-likeness (QED) is 0.828. The Bertz CT molecular complexity index is 792. The van der Waals surface area contributed by atoms with Gasteiger partial charge in [0.1, 0.15) is 0 Å². The number of methoxy groups -OCH3 is 1. The van der Waals surface area contributed by atoms with E-state index < -0.39 is 5.82 Å². The van der Waals surface area contributed by atoms with Crippen LogP contribution in [0.3, 0.4) is 0 Å². The smallest absolute Gasteiger partial charge is 0.243 e. The van der Waals surface area contributed by atoms with Crippen LogP contribution in [0.2, 0.25) is 0 Å². The van der Waals surface area contributed by atoms with Gasteiger partial charge < -0.3 is 15.0 Å². The standard InChI is InChI=1S/C20H23FN2O3/c1-4-15-7-5-6-8-17(15)22-19(24)13-23(2)20(25)12-14-9-10-18(26-3)16(21)11-14/h5-11H,4,12-13H2,1-3H3,(H,22,24). The van der Waals surface area contributed by atoms with Gasteiger partial charge in [-0.3, -0.25) is 9.59 Å². The first-order valence-electron chi connectivity index (χ1n) is 8.38. The fourth-order valence-corrected chi connectivity index (χ4v) is 2.57. The van der Waals surface area contributed by atoms with Crippen molar-refractivity contribution >= 4 is 17.5 Å². The Kier molecular flexibility index (Phi) is 6.72. The maximum absolute atomic E-state index is 13.7. The lowest BCUT2D eigenvalue weighted by Crippen LogP contribution is -2.36. The number of hydrogen-bond acceptors (Lipinski definition) is 3. The summed E-state index contributed by atoms with van der Waals surface area (Å²) in [5.41, 5.74) is 2.30. The molecule has 0 fully saturated rings. The molecule has 2 rings (SSSR count). The number of amides is 2. The molecule has 0 saturated carbocycles. The number of carbonyl (C=O) groups excluding carboxylic acids is 2. The molecule has 0 heterocycles. The molecule has 1 N–H and O–H groups in total. The minimum Gasteiger partial charge on any atom is -0.494 e. The van der Waals surface area contributed by atoms with Crippen molar-refractivity contribution < 1.29 is 18.7 Å². The third-order valence-corrected chi connectivity index (χ3v) is 4.05. The molecule has 138 valence electrons. The number of nitrogens with one attached hydrogen (secondary N) is 1. The molecule has 26 heavy (non-hydrogen) atoms. The van der Waals surface area contributed by atoms with E-state index in [1.165, 1.54) is 24.1 Å². The molecule has 2 aromatic rings. The van der Waals surface area contributed by atoms with Crippen LogP contribution in [0.1, 0.15) is 18.1 Å². The van der Waals surface area contributed by atoms with Crippen LogP contribution in [-0.4, -0.2) is 37.4 Å². The van der Waals surface area contributed by atoms with Gasteiger partial charge in [0.2, 0.25) is 11.8 Å². The van der Waals surface area contributed by atoms with Crippen molar-refractivity contribution in [3.8, 4) is 5.75 Å². The van der Waals surface area contributed by atoms with E-state index in [9.17, 15) is 14.0 Å². The number of carbonyl (C=O) groups is 2. The van der Waals surface area contributed by atoms with Gasteiger partial charge in [-0.25, -0.2) is 4.39 Å². The van der Waals surface area contributed by atoms with E-state index in [1.54, 1.807) is 13.1 Å². The highest BCUT2D eigenvalue weighted by molar-refractivity contribution is 5.95.